The van der Waals surface area contributed by atoms with E-state index in [9.17, 15) is 0 Å². The van der Waals surface area contributed by atoms with Gasteiger partial charge in [-0.05, 0) is 18.4 Å². The van der Waals surface area contributed by atoms with Gasteiger partial charge in [0, 0.05) is 4.91 Å². The highest BCUT2D eigenvalue weighted by Crippen LogP contribution is 2.38. The zero-order chi connectivity index (χ0) is 5.11. The third kappa shape index (κ3) is 1.28. The molecule has 0 atom stereocenters. The monoisotopic (exact) mass is 130 g/mol. The molecule has 0 aromatic heterocycles. The fourth-order valence-electron chi connectivity index (χ4n) is 0.350. The molecule has 1 aliphatic rings. The van der Waals surface area contributed by atoms with Crippen molar-refractivity contribution < 1.29 is 0 Å². The Balaban J connectivity index is 2.59. The molecule has 0 saturated heterocycles. The van der Waals surface area contributed by atoms with Gasteiger partial charge in [0.05, 0.1) is 0 Å². The molecule has 38 valence electrons. The second-order valence-corrected chi connectivity index (χ2v) is 3.35. The first-order valence-electron chi connectivity index (χ1n) is 2.09. The van der Waals surface area contributed by atoms with Crippen LogP contribution in [0.1, 0.15) is 6.92 Å². The average Bonchev–Trinajstić information content (AvgIpc) is 2.14. The molecule has 0 fully saturated rings. The standard InChI is InChI=1S/C5H6S2/c1-2-5-3-4-6-7-5/h2-4H,1H3. The Hall–Kier alpha value is 0.180. The molecular formula is C5H6S2. The maximum atomic E-state index is 2.12. The van der Waals surface area contributed by atoms with E-state index in [4.69, 9.17) is 0 Å². The van der Waals surface area contributed by atoms with Gasteiger partial charge in [0.2, 0.25) is 0 Å². The minimum atomic E-state index is 1.37. The Morgan fingerprint density at radius 3 is 2.86 bits per heavy atom. The Morgan fingerprint density at radius 2 is 2.57 bits per heavy atom. The molecule has 1 rings (SSSR count). The fraction of sp³-hybridized carbons (Fsp3) is 0.200. The molecule has 1 heterocycles. The third-order valence-corrected chi connectivity index (χ3v) is 2.82. The molecule has 0 bridgehead atoms. The van der Waals surface area contributed by atoms with Crippen molar-refractivity contribution >= 4 is 21.6 Å². The van der Waals surface area contributed by atoms with Crippen LogP contribution in [-0.2, 0) is 0 Å². The minimum absolute atomic E-state index is 1.37. The van der Waals surface area contributed by atoms with Gasteiger partial charge in [-0.25, -0.2) is 0 Å². The van der Waals surface area contributed by atoms with Crippen LogP contribution in [0.3, 0.4) is 0 Å². The molecule has 1 aliphatic heterocycles. The molecule has 0 spiro atoms. The van der Waals surface area contributed by atoms with Gasteiger partial charge in [-0.1, -0.05) is 27.7 Å². The van der Waals surface area contributed by atoms with Crippen molar-refractivity contribution in [2.45, 2.75) is 6.92 Å². The molecule has 0 N–H and O–H groups in total. The van der Waals surface area contributed by atoms with Crippen LogP contribution in [0.5, 0.6) is 0 Å². The van der Waals surface area contributed by atoms with Crippen LogP contribution in [-0.4, -0.2) is 0 Å². The molecule has 0 aromatic carbocycles. The molecule has 0 unspecified atom stereocenters. The van der Waals surface area contributed by atoms with Gasteiger partial charge in [0.1, 0.15) is 0 Å². The normalized spacial score (nSPS) is 24.4. The summed E-state index contributed by atoms with van der Waals surface area (Å²) in [5.41, 5.74) is 0. The van der Waals surface area contributed by atoms with Crippen molar-refractivity contribution in [3.05, 3.63) is 22.5 Å². The highest BCUT2D eigenvalue weighted by Gasteiger charge is 1.95. The summed E-state index contributed by atoms with van der Waals surface area (Å²) in [7, 11) is 3.58. The highest BCUT2D eigenvalue weighted by atomic mass is 33.1. The summed E-state index contributed by atoms with van der Waals surface area (Å²) in [5, 5.41) is 2.10. The van der Waals surface area contributed by atoms with E-state index in [1.165, 1.54) is 4.91 Å². The van der Waals surface area contributed by atoms with Crippen LogP contribution in [0.2, 0.25) is 0 Å². The summed E-state index contributed by atoms with van der Waals surface area (Å²) in [6.45, 7) is 2.05. The summed E-state index contributed by atoms with van der Waals surface area (Å²) in [6.07, 6.45) is 4.23. The van der Waals surface area contributed by atoms with Gasteiger partial charge >= 0.3 is 0 Å². The van der Waals surface area contributed by atoms with Crippen LogP contribution < -0.4 is 0 Å². The number of hydrogen-bond acceptors (Lipinski definition) is 2. The van der Waals surface area contributed by atoms with Gasteiger partial charge < -0.3 is 0 Å². The van der Waals surface area contributed by atoms with Crippen molar-refractivity contribution in [1.29, 1.82) is 0 Å². The Labute approximate surface area is 51.5 Å². The molecule has 0 aromatic rings. The molecule has 2 heteroatoms. The van der Waals surface area contributed by atoms with Crippen LogP contribution in [0.4, 0.5) is 0 Å². The largest absolute Gasteiger partial charge is 0.0731 e. The fourth-order valence-corrected chi connectivity index (χ4v) is 2.15. The molecule has 0 saturated carbocycles. The molecule has 7 heavy (non-hydrogen) atoms. The molecular weight excluding hydrogens is 124 g/mol. The van der Waals surface area contributed by atoms with Gasteiger partial charge in [-0.15, -0.1) is 0 Å². The van der Waals surface area contributed by atoms with E-state index in [-0.39, 0.29) is 0 Å². The first kappa shape index (κ1) is 5.32. The van der Waals surface area contributed by atoms with Gasteiger partial charge in [-0.3, -0.25) is 0 Å². The van der Waals surface area contributed by atoms with Gasteiger partial charge in [0.15, 0.2) is 0 Å². The van der Waals surface area contributed by atoms with Crippen molar-refractivity contribution in [3.63, 3.8) is 0 Å². The third-order valence-electron chi connectivity index (χ3n) is 0.717. The van der Waals surface area contributed by atoms with E-state index < -0.39 is 0 Å². The maximum absolute atomic E-state index is 2.12. The second-order valence-electron chi connectivity index (χ2n) is 1.17. The highest BCUT2D eigenvalue weighted by molar-refractivity contribution is 8.79. The Bertz CT molecular complexity index is 110. The smallest absolute Gasteiger partial charge is 0.0148 e. The topological polar surface area (TPSA) is 0 Å². The predicted octanol–water partition coefficient (Wildman–Crippen LogP) is 2.80. The Morgan fingerprint density at radius 1 is 1.71 bits per heavy atom. The van der Waals surface area contributed by atoms with E-state index in [2.05, 4.69) is 24.5 Å². The minimum Gasteiger partial charge on any atom is -0.0731 e. The van der Waals surface area contributed by atoms with Crippen molar-refractivity contribution in [3.8, 4) is 0 Å². The zero-order valence-electron chi connectivity index (χ0n) is 4.05. The summed E-state index contributed by atoms with van der Waals surface area (Å²) in [5.74, 6) is 0. The summed E-state index contributed by atoms with van der Waals surface area (Å²) in [4.78, 5) is 1.37. The van der Waals surface area contributed by atoms with Crippen LogP contribution in [0.15, 0.2) is 22.5 Å². The van der Waals surface area contributed by atoms with Crippen molar-refractivity contribution in [2.24, 2.45) is 0 Å². The van der Waals surface area contributed by atoms with Crippen LogP contribution >= 0.6 is 21.6 Å². The maximum Gasteiger partial charge on any atom is 0.0148 e. The first-order chi connectivity index (χ1) is 3.43. The lowest BCUT2D eigenvalue weighted by atomic mass is 10.5. The van der Waals surface area contributed by atoms with E-state index >= 15 is 0 Å². The molecule has 0 nitrogen and oxygen atoms in total. The number of allylic oxidation sites excluding steroid dienone is 2. The van der Waals surface area contributed by atoms with Gasteiger partial charge in [-0.2, -0.15) is 0 Å². The van der Waals surface area contributed by atoms with E-state index in [0.717, 1.165) is 0 Å². The first-order valence-corrected chi connectivity index (χ1v) is 4.31. The van der Waals surface area contributed by atoms with E-state index in [1.807, 2.05) is 10.8 Å². The number of rotatable bonds is 0. The van der Waals surface area contributed by atoms with E-state index in [0.29, 0.717) is 0 Å². The SMILES string of the molecule is CC=C1C=CSS1. The Kier molecular flexibility index (Phi) is 1.88. The van der Waals surface area contributed by atoms with Crippen molar-refractivity contribution in [1.82, 2.24) is 0 Å². The lowest BCUT2D eigenvalue weighted by Gasteiger charge is -1.82. The predicted molar refractivity (Wildman–Crippen MR) is 38.1 cm³/mol. The van der Waals surface area contributed by atoms with Crippen LogP contribution in [0.25, 0.3) is 0 Å². The lowest BCUT2D eigenvalue weighted by Crippen LogP contribution is -1.52. The average molecular weight is 130 g/mol. The van der Waals surface area contributed by atoms with Gasteiger partial charge in [0.25, 0.3) is 0 Å². The van der Waals surface area contributed by atoms with Crippen molar-refractivity contribution in [2.75, 3.05) is 0 Å². The zero-order valence-corrected chi connectivity index (χ0v) is 5.68. The number of hydrogen-bond donors (Lipinski definition) is 0. The quantitative estimate of drug-likeness (QED) is 0.462. The second kappa shape index (κ2) is 2.48. The molecule has 0 aliphatic carbocycles. The summed E-state index contributed by atoms with van der Waals surface area (Å²) < 4.78 is 0. The summed E-state index contributed by atoms with van der Waals surface area (Å²) >= 11 is 0. The molecule has 0 amide bonds. The van der Waals surface area contributed by atoms with E-state index in [1.54, 1.807) is 10.8 Å². The van der Waals surface area contributed by atoms with Crippen LogP contribution in [0, 0.1) is 0 Å². The summed E-state index contributed by atoms with van der Waals surface area (Å²) in [6, 6.07) is 0. The lowest BCUT2D eigenvalue weighted by molar-refractivity contribution is 1.72. The molecule has 0 radical (unpaired) electrons.